The third-order valence-electron chi connectivity index (χ3n) is 10.8. The van der Waals surface area contributed by atoms with Gasteiger partial charge in [0.1, 0.15) is 6.17 Å². The van der Waals surface area contributed by atoms with Gasteiger partial charge >= 0.3 is 0 Å². The highest BCUT2D eigenvalue weighted by Gasteiger charge is 2.61. The summed E-state index contributed by atoms with van der Waals surface area (Å²) < 4.78 is 39.0. The van der Waals surface area contributed by atoms with E-state index in [1.807, 2.05) is 0 Å². The number of nitrogens with one attached hydrogen (secondary N) is 1. The van der Waals surface area contributed by atoms with Crippen LogP contribution in [0.1, 0.15) is 97.8 Å². The van der Waals surface area contributed by atoms with Crippen molar-refractivity contribution < 1.29 is 17.6 Å². The third-order valence-corrected chi connectivity index (χ3v) is 11.4. The molecule has 1 N–H and O–H groups in total. The monoisotopic (exact) mass is 469 g/mol. The molecular formula is C26H44FNO3S. The van der Waals surface area contributed by atoms with Gasteiger partial charge in [-0.1, -0.05) is 27.2 Å². The van der Waals surface area contributed by atoms with Gasteiger partial charge in [-0.05, 0) is 111 Å². The lowest BCUT2D eigenvalue weighted by molar-refractivity contribution is -0.144. The maximum Gasteiger partial charge on any atom is 0.233 e. The highest BCUT2D eigenvalue weighted by molar-refractivity contribution is 7.89. The van der Waals surface area contributed by atoms with Crippen molar-refractivity contribution in [1.29, 1.82) is 0 Å². The smallest absolute Gasteiger partial charge is 0.233 e. The van der Waals surface area contributed by atoms with Crippen LogP contribution in [0.15, 0.2) is 0 Å². The van der Waals surface area contributed by atoms with Gasteiger partial charge in [0.05, 0.1) is 6.26 Å². The first kappa shape index (κ1) is 24.5. The quantitative estimate of drug-likeness (QED) is 0.529. The van der Waals surface area contributed by atoms with Gasteiger partial charge in [-0.2, -0.15) is 0 Å². The molecule has 7 unspecified atom stereocenters. The van der Waals surface area contributed by atoms with E-state index in [9.17, 15) is 17.6 Å². The van der Waals surface area contributed by atoms with E-state index in [1.54, 1.807) is 0 Å². The van der Waals surface area contributed by atoms with Gasteiger partial charge in [0.2, 0.25) is 15.9 Å². The molecule has 0 aromatic heterocycles. The zero-order valence-electron chi connectivity index (χ0n) is 20.5. The van der Waals surface area contributed by atoms with Crippen molar-refractivity contribution in [2.24, 2.45) is 46.3 Å². The number of hydrogen-bond acceptors (Lipinski definition) is 3. The fourth-order valence-corrected chi connectivity index (χ4v) is 9.77. The molecule has 4 fully saturated rings. The predicted molar refractivity (Wildman–Crippen MR) is 126 cm³/mol. The average molecular weight is 470 g/mol. The molecule has 32 heavy (non-hydrogen) atoms. The molecule has 0 spiro atoms. The second kappa shape index (κ2) is 8.85. The minimum Gasteiger partial charge on any atom is -0.274 e. The van der Waals surface area contributed by atoms with Crippen LogP contribution in [-0.4, -0.2) is 26.8 Å². The van der Waals surface area contributed by atoms with E-state index in [-0.39, 0.29) is 5.91 Å². The minimum absolute atomic E-state index is 0.290. The molecule has 4 nitrogen and oxygen atoms in total. The van der Waals surface area contributed by atoms with Crippen molar-refractivity contribution >= 4 is 15.9 Å². The molecular weight excluding hydrogens is 425 g/mol. The van der Waals surface area contributed by atoms with E-state index in [1.165, 1.54) is 38.5 Å². The molecule has 0 heterocycles. The molecule has 9 atom stereocenters. The topological polar surface area (TPSA) is 63.2 Å². The summed E-state index contributed by atoms with van der Waals surface area (Å²) in [7, 11) is -3.47. The van der Waals surface area contributed by atoms with Gasteiger partial charge in [-0.15, -0.1) is 0 Å². The molecule has 0 saturated heterocycles. The first-order chi connectivity index (χ1) is 15.0. The molecule has 184 valence electrons. The fraction of sp³-hybridized carbons (Fsp3) is 0.962. The number of carbonyl (C=O) groups excluding carboxylic acids is 1. The summed E-state index contributed by atoms with van der Waals surface area (Å²) in [6.07, 6.45) is 12.7. The lowest BCUT2D eigenvalue weighted by Gasteiger charge is -2.63. The van der Waals surface area contributed by atoms with Gasteiger partial charge in [-0.25, -0.2) is 12.8 Å². The zero-order chi connectivity index (χ0) is 23.3. The Labute approximate surface area is 194 Å². The normalized spacial score (nSPS) is 46.1. The summed E-state index contributed by atoms with van der Waals surface area (Å²) in [6.45, 7) is 7.34. The molecule has 4 aliphatic rings. The number of amides is 1. The number of fused-ring (bicyclic) bond motifs is 5. The van der Waals surface area contributed by atoms with Crippen molar-refractivity contribution in [1.82, 2.24) is 4.72 Å². The first-order valence-electron chi connectivity index (χ1n) is 13.1. The molecule has 0 bridgehead atoms. The molecule has 4 aliphatic carbocycles. The minimum atomic E-state index is -3.47. The summed E-state index contributed by atoms with van der Waals surface area (Å²) in [4.78, 5) is 11.9. The van der Waals surface area contributed by atoms with E-state index in [0.29, 0.717) is 35.0 Å². The number of hydrogen-bond donors (Lipinski definition) is 1. The molecule has 0 radical (unpaired) electrons. The van der Waals surface area contributed by atoms with Crippen LogP contribution in [0.5, 0.6) is 0 Å². The standard InChI is InChI=1S/C26H44FNO3S/c1-5-17-15-20-21-10-9-18(7-6-8-24(29)28-32(4,30)31)25(21,2)14-12-22(20)26(3)13-11-19(27)16-23(17)26/h17-23H,5-16H2,1-4H3,(H,28,29)/t17-,18?,19?,20?,21?,22-,23?,25?,26?/m0/s1. The third kappa shape index (κ3) is 4.38. The predicted octanol–water partition coefficient (Wildman–Crippen LogP) is 5.87. The van der Waals surface area contributed by atoms with Gasteiger partial charge in [-0.3, -0.25) is 9.52 Å². The van der Waals surface area contributed by atoms with E-state index < -0.39 is 16.2 Å². The van der Waals surface area contributed by atoms with Crippen LogP contribution in [0.3, 0.4) is 0 Å². The molecule has 6 heteroatoms. The second-order valence-electron chi connectivity index (χ2n) is 12.3. The van der Waals surface area contributed by atoms with Gasteiger partial charge < -0.3 is 0 Å². The number of alkyl halides is 1. The largest absolute Gasteiger partial charge is 0.274 e. The fourth-order valence-electron chi connectivity index (χ4n) is 9.26. The Morgan fingerprint density at radius 1 is 1.00 bits per heavy atom. The Balaban J connectivity index is 1.44. The van der Waals surface area contributed by atoms with Crippen molar-refractivity contribution in [3.63, 3.8) is 0 Å². The SMILES string of the molecule is CC[C@H]1CC2C3CCC(CCCC(=O)NS(C)(=O)=O)C3(C)CC[C@@H]2C2(C)CCC(F)CC12. The van der Waals surface area contributed by atoms with Crippen molar-refractivity contribution in [2.45, 2.75) is 104 Å². The van der Waals surface area contributed by atoms with E-state index in [4.69, 9.17) is 0 Å². The van der Waals surface area contributed by atoms with Crippen molar-refractivity contribution in [3.05, 3.63) is 0 Å². The Kier molecular flexibility index (Phi) is 6.77. The van der Waals surface area contributed by atoms with E-state index >= 15 is 0 Å². The maximum atomic E-state index is 14.4. The van der Waals surface area contributed by atoms with Crippen molar-refractivity contribution in [2.75, 3.05) is 6.26 Å². The summed E-state index contributed by atoms with van der Waals surface area (Å²) in [5.41, 5.74) is 0.655. The van der Waals surface area contributed by atoms with Gasteiger partial charge in [0.25, 0.3) is 0 Å². The molecule has 0 aromatic rings. The number of rotatable bonds is 6. The van der Waals surface area contributed by atoms with E-state index in [2.05, 4.69) is 25.5 Å². The van der Waals surface area contributed by atoms with Crippen LogP contribution >= 0.6 is 0 Å². The van der Waals surface area contributed by atoms with Gasteiger partial charge in [0, 0.05) is 6.42 Å². The number of carbonyl (C=O) groups is 1. The zero-order valence-corrected chi connectivity index (χ0v) is 21.4. The molecule has 0 aromatic carbocycles. The number of sulfonamides is 1. The van der Waals surface area contributed by atoms with Crippen LogP contribution in [0.4, 0.5) is 4.39 Å². The van der Waals surface area contributed by atoms with Crippen LogP contribution in [0.2, 0.25) is 0 Å². The lowest BCUT2D eigenvalue weighted by Crippen LogP contribution is -2.56. The molecule has 1 amide bonds. The number of halogens is 1. The first-order valence-corrected chi connectivity index (χ1v) is 15.0. The highest BCUT2D eigenvalue weighted by Crippen LogP contribution is 2.69. The van der Waals surface area contributed by atoms with Crippen LogP contribution in [0, 0.1) is 46.3 Å². The Bertz CT molecular complexity index is 816. The van der Waals surface area contributed by atoms with Gasteiger partial charge in [0.15, 0.2) is 0 Å². The molecule has 0 aliphatic heterocycles. The summed E-state index contributed by atoms with van der Waals surface area (Å²) >= 11 is 0. The van der Waals surface area contributed by atoms with Crippen LogP contribution < -0.4 is 4.72 Å². The Hall–Kier alpha value is -0.650. The molecule has 4 rings (SSSR count). The molecule has 4 saturated carbocycles. The van der Waals surface area contributed by atoms with Crippen LogP contribution in [0.25, 0.3) is 0 Å². The second-order valence-corrected chi connectivity index (χ2v) is 14.0. The maximum absolute atomic E-state index is 14.4. The summed E-state index contributed by atoms with van der Waals surface area (Å²) in [6, 6.07) is 0. The van der Waals surface area contributed by atoms with Crippen LogP contribution in [-0.2, 0) is 14.8 Å². The van der Waals surface area contributed by atoms with E-state index in [0.717, 1.165) is 56.1 Å². The van der Waals surface area contributed by atoms with Crippen molar-refractivity contribution in [3.8, 4) is 0 Å². The average Bonchev–Trinajstić information content (AvgIpc) is 3.03. The Morgan fingerprint density at radius 3 is 2.38 bits per heavy atom. The lowest BCUT2D eigenvalue weighted by atomic mass is 9.42. The summed E-state index contributed by atoms with van der Waals surface area (Å²) in [5, 5.41) is 0. The highest BCUT2D eigenvalue weighted by atomic mass is 32.2. The Morgan fingerprint density at radius 2 is 1.69 bits per heavy atom. The summed E-state index contributed by atoms with van der Waals surface area (Å²) in [5.74, 6) is 3.76.